The van der Waals surface area contributed by atoms with Crippen LogP contribution in [0.3, 0.4) is 0 Å². The first kappa shape index (κ1) is 25.5. The van der Waals surface area contributed by atoms with Gasteiger partial charge >= 0.3 is 0 Å². The van der Waals surface area contributed by atoms with Gasteiger partial charge in [0.05, 0.1) is 11.5 Å². The summed E-state index contributed by atoms with van der Waals surface area (Å²) in [5.41, 5.74) is 1.45. The molecular formula is C23H34IN5OS. The number of halogens is 1. The molecular weight excluding hydrogens is 521 g/mol. The van der Waals surface area contributed by atoms with E-state index >= 15 is 0 Å². The maximum atomic E-state index is 12.5. The van der Waals surface area contributed by atoms with Gasteiger partial charge in [-0.1, -0.05) is 12.1 Å². The fourth-order valence-electron chi connectivity index (χ4n) is 3.40. The first-order chi connectivity index (χ1) is 14.4. The zero-order chi connectivity index (χ0) is 21.6. The van der Waals surface area contributed by atoms with Gasteiger partial charge in [-0.3, -0.25) is 4.79 Å². The number of piperazine rings is 1. The van der Waals surface area contributed by atoms with Crippen LogP contribution in [0.4, 0.5) is 5.00 Å². The highest BCUT2D eigenvalue weighted by atomic mass is 127. The molecule has 0 aliphatic carbocycles. The van der Waals surface area contributed by atoms with Gasteiger partial charge in [-0.25, -0.2) is 4.99 Å². The number of hydrogen-bond acceptors (Lipinski definition) is 4. The second kappa shape index (κ2) is 11.7. The Labute approximate surface area is 207 Å². The number of hydrogen-bond donors (Lipinski definition) is 2. The lowest BCUT2D eigenvalue weighted by Gasteiger charge is -2.37. The van der Waals surface area contributed by atoms with E-state index in [-0.39, 0.29) is 35.4 Å². The Morgan fingerprint density at radius 3 is 2.48 bits per heavy atom. The predicted octanol–water partition coefficient (Wildman–Crippen LogP) is 4.18. The van der Waals surface area contributed by atoms with Gasteiger partial charge in [0.1, 0.15) is 0 Å². The van der Waals surface area contributed by atoms with Gasteiger partial charge in [0.25, 0.3) is 5.91 Å². The van der Waals surface area contributed by atoms with Gasteiger partial charge in [0, 0.05) is 43.8 Å². The molecule has 8 heteroatoms. The topological polar surface area (TPSA) is 60.0 Å². The number of carbonyl (C=O) groups excluding carboxylic acids is 1. The van der Waals surface area contributed by atoms with Crippen LogP contribution in [0.1, 0.15) is 43.6 Å². The number of benzene rings is 1. The van der Waals surface area contributed by atoms with Crippen LogP contribution >= 0.6 is 35.3 Å². The summed E-state index contributed by atoms with van der Waals surface area (Å²) in [6.07, 6.45) is 0. The number of nitrogens with one attached hydrogen (secondary N) is 2. The van der Waals surface area contributed by atoms with E-state index in [1.807, 2.05) is 45.0 Å². The van der Waals surface area contributed by atoms with E-state index in [0.29, 0.717) is 12.1 Å². The molecule has 0 radical (unpaired) electrons. The molecule has 0 unspecified atom stereocenters. The molecule has 1 aromatic heterocycles. The number of nitrogens with zero attached hydrogens (tertiary/aromatic N) is 3. The zero-order valence-electron chi connectivity index (χ0n) is 18.9. The number of carbonyl (C=O) groups is 1. The molecule has 31 heavy (non-hydrogen) atoms. The normalized spacial score (nSPS) is 14.8. The Balaban J connectivity index is 0.00000341. The summed E-state index contributed by atoms with van der Waals surface area (Å²) in [6, 6.07) is 12.0. The SMILES string of the molecule is CCNC(=NCc1cccc(C(=O)NC(C)(C)C)c1)N1CCN(c2cccs2)CC1.I. The molecule has 1 saturated heterocycles. The Morgan fingerprint density at radius 1 is 1.13 bits per heavy atom. The monoisotopic (exact) mass is 555 g/mol. The molecule has 0 atom stereocenters. The lowest BCUT2D eigenvalue weighted by Crippen LogP contribution is -2.52. The third-order valence-corrected chi connectivity index (χ3v) is 5.75. The summed E-state index contributed by atoms with van der Waals surface area (Å²) in [5.74, 6) is 0.887. The molecule has 2 N–H and O–H groups in total. The fourth-order valence-corrected chi connectivity index (χ4v) is 4.19. The van der Waals surface area contributed by atoms with Crippen molar-refractivity contribution in [1.29, 1.82) is 0 Å². The molecule has 6 nitrogen and oxygen atoms in total. The van der Waals surface area contributed by atoms with Crippen LogP contribution in [0.15, 0.2) is 46.8 Å². The largest absolute Gasteiger partial charge is 0.360 e. The van der Waals surface area contributed by atoms with E-state index in [0.717, 1.165) is 44.2 Å². The van der Waals surface area contributed by atoms with Crippen LogP contribution < -0.4 is 15.5 Å². The number of anilines is 1. The maximum Gasteiger partial charge on any atom is 0.251 e. The van der Waals surface area contributed by atoms with Crippen molar-refractivity contribution < 1.29 is 4.79 Å². The molecule has 1 aromatic carbocycles. The van der Waals surface area contributed by atoms with Crippen molar-refractivity contribution >= 4 is 52.2 Å². The zero-order valence-corrected chi connectivity index (χ0v) is 22.0. The number of thiophene rings is 1. The summed E-state index contributed by atoms with van der Waals surface area (Å²) in [4.78, 5) is 22.1. The van der Waals surface area contributed by atoms with Crippen molar-refractivity contribution in [3.8, 4) is 0 Å². The maximum absolute atomic E-state index is 12.5. The van der Waals surface area contributed by atoms with Crippen molar-refractivity contribution in [1.82, 2.24) is 15.5 Å². The van der Waals surface area contributed by atoms with E-state index in [1.165, 1.54) is 5.00 Å². The van der Waals surface area contributed by atoms with E-state index in [4.69, 9.17) is 4.99 Å². The molecule has 2 heterocycles. The molecule has 0 spiro atoms. The summed E-state index contributed by atoms with van der Waals surface area (Å²) < 4.78 is 0. The molecule has 1 amide bonds. The van der Waals surface area contributed by atoms with Crippen LogP contribution in [0.25, 0.3) is 0 Å². The van der Waals surface area contributed by atoms with Crippen LogP contribution in [0, 0.1) is 0 Å². The molecule has 2 aromatic rings. The van der Waals surface area contributed by atoms with Gasteiger partial charge in [0.2, 0.25) is 0 Å². The smallest absolute Gasteiger partial charge is 0.251 e. The first-order valence-electron chi connectivity index (χ1n) is 10.6. The highest BCUT2D eigenvalue weighted by Gasteiger charge is 2.20. The summed E-state index contributed by atoms with van der Waals surface area (Å²) in [6.45, 7) is 13.3. The lowest BCUT2D eigenvalue weighted by atomic mass is 10.1. The average molecular weight is 556 g/mol. The van der Waals surface area contributed by atoms with Crippen LogP contribution in [-0.2, 0) is 6.54 Å². The standard InChI is InChI=1S/C23H33N5OS.HI/c1-5-24-22(28-13-11-27(12-14-28)20-10-7-15-30-20)25-17-18-8-6-9-19(16-18)21(29)26-23(2,3)4;/h6-10,15-16H,5,11-14,17H2,1-4H3,(H,24,25)(H,26,29);1H. The predicted molar refractivity (Wildman–Crippen MR) is 142 cm³/mol. The van der Waals surface area contributed by atoms with Crippen molar-refractivity contribution in [2.45, 2.75) is 39.8 Å². The quantitative estimate of drug-likeness (QED) is 0.330. The minimum Gasteiger partial charge on any atom is -0.360 e. The Morgan fingerprint density at radius 2 is 1.87 bits per heavy atom. The number of aliphatic imine (C=N–C) groups is 1. The third kappa shape index (κ3) is 7.68. The minimum absolute atomic E-state index is 0. The molecule has 0 saturated carbocycles. The second-order valence-electron chi connectivity index (χ2n) is 8.50. The van der Waals surface area contributed by atoms with Crippen molar-refractivity contribution in [3.05, 3.63) is 52.9 Å². The van der Waals surface area contributed by atoms with Gasteiger partial charge in [-0.2, -0.15) is 0 Å². The van der Waals surface area contributed by atoms with Crippen molar-refractivity contribution in [2.75, 3.05) is 37.6 Å². The first-order valence-corrected chi connectivity index (χ1v) is 11.5. The minimum atomic E-state index is -0.255. The molecule has 170 valence electrons. The highest BCUT2D eigenvalue weighted by molar-refractivity contribution is 14.0. The van der Waals surface area contributed by atoms with Crippen LogP contribution in [0.5, 0.6) is 0 Å². The number of rotatable bonds is 5. The Hall–Kier alpha value is -1.81. The number of guanidine groups is 1. The van der Waals surface area contributed by atoms with Crippen molar-refractivity contribution in [3.63, 3.8) is 0 Å². The van der Waals surface area contributed by atoms with E-state index in [1.54, 1.807) is 11.3 Å². The van der Waals surface area contributed by atoms with Gasteiger partial charge in [-0.15, -0.1) is 35.3 Å². The Bertz CT molecular complexity index is 855. The molecule has 1 fully saturated rings. The molecule has 0 bridgehead atoms. The van der Waals surface area contributed by atoms with Crippen LogP contribution in [-0.4, -0.2) is 55.0 Å². The average Bonchev–Trinajstić information content (AvgIpc) is 3.25. The van der Waals surface area contributed by atoms with E-state index in [9.17, 15) is 4.79 Å². The fraction of sp³-hybridized carbons (Fsp3) is 0.478. The third-order valence-electron chi connectivity index (χ3n) is 4.82. The summed E-state index contributed by atoms with van der Waals surface area (Å²) in [7, 11) is 0. The second-order valence-corrected chi connectivity index (χ2v) is 9.43. The van der Waals surface area contributed by atoms with Gasteiger partial charge in [0.15, 0.2) is 5.96 Å². The van der Waals surface area contributed by atoms with Crippen molar-refractivity contribution in [2.24, 2.45) is 4.99 Å². The van der Waals surface area contributed by atoms with Gasteiger partial charge < -0.3 is 20.4 Å². The highest BCUT2D eigenvalue weighted by Crippen LogP contribution is 2.22. The summed E-state index contributed by atoms with van der Waals surface area (Å²) in [5, 5.41) is 9.90. The lowest BCUT2D eigenvalue weighted by molar-refractivity contribution is 0.0919. The van der Waals surface area contributed by atoms with Gasteiger partial charge in [-0.05, 0) is 62.9 Å². The molecule has 1 aliphatic heterocycles. The number of amides is 1. The van der Waals surface area contributed by atoms with E-state index < -0.39 is 0 Å². The molecule has 1 aliphatic rings. The summed E-state index contributed by atoms with van der Waals surface area (Å²) >= 11 is 1.79. The van der Waals surface area contributed by atoms with E-state index in [2.05, 4.69) is 44.9 Å². The van der Waals surface area contributed by atoms with Crippen LogP contribution in [0.2, 0.25) is 0 Å². The Kier molecular flexibility index (Phi) is 9.61. The molecule has 3 rings (SSSR count).